The summed E-state index contributed by atoms with van der Waals surface area (Å²) in [7, 11) is 0. The molecule has 2 aromatic carbocycles. The molecule has 1 aromatic heterocycles. The molecule has 0 radical (unpaired) electrons. The molecule has 1 heterocycles. The van der Waals surface area contributed by atoms with Crippen LogP contribution in [0.3, 0.4) is 0 Å². The van der Waals surface area contributed by atoms with Crippen molar-refractivity contribution in [3.8, 4) is 22.3 Å². The predicted octanol–water partition coefficient (Wildman–Crippen LogP) is 4.89. The number of fused-ring (bicyclic) bond motifs is 7. The lowest BCUT2D eigenvalue weighted by Gasteiger charge is -2.04. The summed E-state index contributed by atoms with van der Waals surface area (Å²) in [5.74, 6) is 0. The van der Waals surface area contributed by atoms with Gasteiger partial charge in [-0.05, 0) is 22.3 Å². The van der Waals surface area contributed by atoms with Crippen molar-refractivity contribution >= 4 is 11.3 Å². The zero-order valence-electron chi connectivity index (χ0n) is 10.4. The molecule has 0 unspecified atom stereocenters. The van der Waals surface area contributed by atoms with Crippen LogP contribution in [0.1, 0.15) is 20.9 Å². The molecule has 90 valence electrons. The predicted molar refractivity (Wildman–Crippen MR) is 80.8 cm³/mol. The fraction of sp³-hybridized carbons (Fsp3) is 0.111. The largest absolute Gasteiger partial charge is 0.143 e. The minimum absolute atomic E-state index is 1.13. The molecule has 0 N–H and O–H groups in total. The Morgan fingerprint density at radius 1 is 0.632 bits per heavy atom. The molecule has 0 fully saturated rings. The van der Waals surface area contributed by atoms with Crippen LogP contribution in [-0.4, -0.2) is 0 Å². The Hall–Kier alpha value is -1.86. The fourth-order valence-electron chi connectivity index (χ4n) is 3.53. The summed E-state index contributed by atoms with van der Waals surface area (Å²) in [5.41, 5.74) is 8.98. The topological polar surface area (TPSA) is 0 Å². The highest BCUT2D eigenvalue weighted by Crippen LogP contribution is 2.53. The Morgan fingerprint density at radius 3 is 1.63 bits per heavy atom. The van der Waals surface area contributed by atoms with Crippen LogP contribution in [0.5, 0.6) is 0 Å². The third kappa shape index (κ3) is 1.19. The molecule has 2 aliphatic carbocycles. The van der Waals surface area contributed by atoms with E-state index >= 15 is 0 Å². The van der Waals surface area contributed by atoms with Crippen LogP contribution >= 0.6 is 11.3 Å². The van der Waals surface area contributed by atoms with Gasteiger partial charge in [-0.1, -0.05) is 48.5 Å². The van der Waals surface area contributed by atoms with E-state index in [4.69, 9.17) is 0 Å². The molecule has 0 amide bonds. The standard InChI is InChI=1S/C18H12S/c1-3-7-13-11(5-1)9-15-17(13)18-14-8-4-2-6-12(14)10-16(18)19-15/h1-8H,9-10H2. The van der Waals surface area contributed by atoms with Crippen molar-refractivity contribution in [2.45, 2.75) is 12.8 Å². The first-order chi connectivity index (χ1) is 9.42. The summed E-state index contributed by atoms with van der Waals surface area (Å²) in [6, 6.07) is 17.8. The number of rotatable bonds is 0. The van der Waals surface area contributed by atoms with Crippen molar-refractivity contribution in [3.63, 3.8) is 0 Å². The van der Waals surface area contributed by atoms with E-state index in [9.17, 15) is 0 Å². The van der Waals surface area contributed by atoms with E-state index in [1.165, 1.54) is 33.4 Å². The van der Waals surface area contributed by atoms with Gasteiger partial charge >= 0.3 is 0 Å². The Kier molecular flexibility index (Phi) is 1.77. The summed E-state index contributed by atoms with van der Waals surface area (Å²) in [4.78, 5) is 3.14. The van der Waals surface area contributed by atoms with Crippen molar-refractivity contribution in [1.82, 2.24) is 0 Å². The van der Waals surface area contributed by atoms with Gasteiger partial charge in [0.15, 0.2) is 0 Å². The van der Waals surface area contributed by atoms with Gasteiger partial charge in [-0.3, -0.25) is 0 Å². The molecule has 0 nitrogen and oxygen atoms in total. The average molecular weight is 260 g/mol. The molecular weight excluding hydrogens is 248 g/mol. The summed E-state index contributed by atoms with van der Waals surface area (Å²) in [6.45, 7) is 0. The van der Waals surface area contributed by atoms with E-state index in [0.29, 0.717) is 0 Å². The fourth-order valence-corrected chi connectivity index (χ4v) is 4.91. The second kappa shape index (κ2) is 3.37. The summed E-state index contributed by atoms with van der Waals surface area (Å²) < 4.78 is 0. The minimum Gasteiger partial charge on any atom is -0.143 e. The Labute approximate surface area is 116 Å². The molecule has 2 aliphatic rings. The molecule has 0 saturated heterocycles. The van der Waals surface area contributed by atoms with E-state index in [-0.39, 0.29) is 0 Å². The average Bonchev–Trinajstić information content (AvgIpc) is 3.04. The molecule has 0 saturated carbocycles. The minimum atomic E-state index is 1.13. The first-order valence-electron chi connectivity index (χ1n) is 6.73. The van der Waals surface area contributed by atoms with Crippen molar-refractivity contribution in [2.75, 3.05) is 0 Å². The van der Waals surface area contributed by atoms with Crippen molar-refractivity contribution in [3.05, 3.63) is 69.4 Å². The Morgan fingerprint density at radius 2 is 1.11 bits per heavy atom. The van der Waals surface area contributed by atoms with Crippen LogP contribution in [0.4, 0.5) is 0 Å². The van der Waals surface area contributed by atoms with Gasteiger partial charge in [-0.2, -0.15) is 0 Å². The van der Waals surface area contributed by atoms with Gasteiger partial charge in [0.2, 0.25) is 0 Å². The molecule has 0 aliphatic heterocycles. The number of hydrogen-bond donors (Lipinski definition) is 0. The summed E-state index contributed by atoms with van der Waals surface area (Å²) in [6.07, 6.45) is 2.26. The van der Waals surface area contributed by atoms with Gasteiger partial charge in [0.05, 0.1) is 0 Å². The highest BCUT2D eigenvalue weighted by atomic mass is 32.1. The van der Waals surface area contributed by atoms with Crippen molar-refractivity contribution in [2.24, 2.45) is 0 Å². The van der Waals surface area contributed by atoms with Gasteiger partial charge in [0.25, 0.3) is 0 Å². The lowest BCUT2D eigenvalue weighted by Crippen LogP contribution is -1.80. The van der Waals surface area contributed by atoms with Gasteiger partial charge in [-0.25, -0.2) is 0 Å². The molecule has 5 rings (SSSR count). The van der Waals surface area contributed by atoms with E-state index in [2.05, 4.69) is 48.5 Å². The van der Waals surface area contributed by atoms with Crippen LogP contribution in [0.2, 0.25) is 0 Å². The van der Waals surface area contributed by atoms with E-state index in [0.717, 1.165) is 12.8 Å². The van der Waals surface area contributed by atoms with Crippen LogP contribution < -0.4 is 0 Å². The maximum absolute atomic E-state index is 2.29. The third-order valence-electron chi connectivity index (χ3n) is 4.33. The number of hydrogen-bond acceptors (Lipinski definition) is 1. The number of benzene rings is 2. The van der Waals surface area contributed by atoms with Crippen molar-refractivity contribution in [1.29, 1.82) is 0 Å². The number of thiophene rings is 1. The first kappa shape index (κ1) is 9.99. The molecule has 0 spiro atoms. The quantitative estimate of drug-likeness (QED) is 0.372. The van der Waals surface area contributed by atoms with Crippen LogP contribution in [-0.2, 0) is 12.8 Å². The Bertz CT molecular complexity index is 755. The lowest BCUT2D eigenvalue weighted by atomic mass is 9.99. The van der Waals surface area contributed by atoms with Gasteiger partial charge in [0.1, 0.15) is 0 Å². The van der Waals surface area contributed by atoms with Crippen molar-refractivity contribution < 1.29 is 0 Å². The maximum Gasteiger partial charge on any atom is 0.0177 e. The monoisotopic (exact) mass is 260 g/mol. The normalized spacial score (nSPS) is 13.9. The smallest absolute Gasteiger partial charge is 0.0177 e. The molecule has 19 heavy (non-hydrogen) atoms. The van der Waals surface area contributed by atoms with Gasteiger partial charge in [0, 0.05) is 33.7 Å². The van der Waals surface area contributed by atoms with E-state index < -0.39 is 0 Å². The highest BCUT2D eigenvalue weighted by molar-refractivity contribution is 7.13. The third-order valence-corrected chi connectivity index (χ3v) is 5.52. The summed E-state index contributed by atoms with van der Waals surface area (Å²) >= 11 is 2.02. The van der Waals surface area contributed by atoms with E-state index in [1.54, 1.807) is 9.75 Å². The second-order valence-corrected chi connectivity index (χ2v) is 6.56. The molecule has 0 atom stereocenters. The molecular formula is C18H12S. The van der Waals surface area contributed by atoms with Crippen LogP contribution in [0.15, 0.2) is 48.5 Å². The SMILES string of the molecule is c1ccc2c(c1)Cc1sc3c(c1-2)-c1ccccc1C3. The molecule has 3 aromatic rings. The summed E-state index contributed by atoms with van der Waals surface area (Å²) in [5, 5.41) is 0. The zero-order chi connectivity index (χ0) is 12.4. The van der Waals surface area contributed by atoms with Gasteiger partial charge in [-0.15, -0.1) is 11.3 Å². The molecule has 0 bridgehead atoms. The van der Waals surface area contributed by atoms with E-state index in [1.807, 2.05) is 11.3 Å². The Balaban J connectivity index is 1.86. The lowest BCUT2D eigenvalue weighted by molar-refractivity contribution is 1.30. The zero-order valence-corrected chi connectivity index (χ0v) is 11.3. The van der Waals surface area contributed by atoms with Crippen LogP contribution in [0, 0.1) is 0 Å². The van der Waals surface area contributed by atoms with Crippen LogP contribution in [0.25, 0.3) is 22.3 Å². The maximum atomic E-state index is 2.29. The van der Waals surface area contributed by atoms with Gasteiger partial charge < -0.3 is 0 Å². The highest BCUT2D eigenvalue weighted by Gasteiger charge is 2.31. The molecule has 1 heteroatoms. The first-order valence-corrected chi connectivity index (χ1v) is 7.54. The second-order valence-electron chi connectivity index (χ2n) is 5.37.